The number of hydrogen-bond donors (Lipinski definition) is 0. The molecule has 0 radical (unpaired) electrons. The summed E-state index contributed by atoms with van der Waals surface area (Å²) in [5, 5.41) is 10.8. The molecule has 4 aromatic rings. The van der Waals surface area contributed by atoms with Gasteiger partial charge in [0.25, 0.3) is 0 Å². The Morgan fingerprint density at radius 1 is 1.06 bits per heavy atom. The van der Waals surface area contributed by atoms with Gasteiger partial charge in [-0.15, -0.1) is 21.5 Å². The second-order valence-electron chi connectivity index (χ2n) is 7.91. The predicted octanol–water partition coefficient (Wildman–Crippen LogP) is 5.27. The van der Waals surface area contributed by atoms with E-state index in [1.54, 1.807) is 25.6 Å². The van der Waals surface area contributed by atoms with E-state index in [4.69, 9.17) is 13.9 Å². The van der Waals surface area contributed by atoms with Crippen molar-refractivity contribution in [1.29, 1.82) is 0 Å². The van der Waals surface area contributed by atoms with Crippen LogP contribution in [-0.4, -0.2) is 35.9 Å². The summed E-state index contributed by atoms with van der Waals surface area (Å²) < 4.78 is 17.2. The molecule has 32 heavy (non-hydrogen) atoms. The molecule has 0 bridgehead atoms. The van der Waals surface area contributed by atoms with Crippen molar-refractivity contribution in [2.75, 3.05) is 20.8 Å². The number of nitrogens with zero attached hydrogens (tertiary/aromatic N) is 3. The molecule has 6 nitrogen and oxygen atoms in total. The van der Waals surface area contributed by atoms with E-state index in [9.17, 15) is 0 Å². The van der Waals surface area contributed by atoms with Crippen molar-refractivity contribution < 1.29 is 13.9 Å². The summed E-state index contributed by atoms with van der Waals surface area (Å²) in [6.45, 7) is 3.52. The Morgan fingerprint density at radius 3 is 2.66 bits per heavy atom. The molecule has 2 aromatic heterocycles. The summed E-state index contributed by atoms with van der Waals surface area (Å²) in [6, 6.07) is 16.7. The van der Waals surface area contributed by atoms with E-state index >= 15 is 0 Å². The summed E-state index contributed by atoms with van der Waals surface area (Å²) in [6.07, 6.45) is 0.913. The molecule has 0 amide bonds. The standard InChI is InChI=1S/C25H25N3O3S/c1-16-6-4-7-18(12-16)25-27-26-23(31-25)15-28-10-9-17-13-20(29-2)21(30-3)14-19(17)24(28)22-8-5-11-32-22/h4-8,11-14,24H,9-10,15H2,1-3H3. The van der Waals surface area contributed by atoms with Crippen molar-refractivity contribution in [2.45, 2.75) is 25.9 Å². The molecule has 0 N–H and O–H groups in total. The topological polar surface area (TPSA) is 60.6 Å². The highest BCUT2D eigenvalue weighted by Gasteiger charge is 2.32. The van der Waals surface area contributed by atoms with Gasteiger partial charge in [-0.3, -0.25) is 4.90 Å². The van der Waals surface area contributed by atoms with E-state index in [-0.39, 0.29) is 6.04 Å². The molecule has 0 spiro atoms. The third-order valence-corrected chi connectivity index (χ3v) is 6.78. The Labute approximate surface area is 191 Å². The smallest absolute Gasteiger partial charge is 0.247 e. The number of thiophene rings is 1. The summed E-state index contributed by atoms with van der Waals surface area (Å²) >= 11 is 1.75. The van der Waals surface area contributed by atoms with E-state index in [1.807, 2.05) is 12.1 Å². The maximum absolute atomic E-state index is 6.06. The van der Waals surface area contributed by atoms with E-state index in [0.29, 0.717) is 18.3 Å². The van der Waals surface area contributed by atoms with Crippen LogP contribution in [0.1, 0.15) is 33.5 Å². The highest BCUT2D eigenvalue weighted by atomic mass is 32.1. The largest absolute Gasteiger partial charge is 0.493 e. The molecule has 0 fully saturated rings. The van der Waals surface area contributed by atoms with Crippen LogP contribution in [0.3, 0.4) is 0 Å². The number of benzene rings is 2. The van der Waals surface area contributed by atoms with Crippen molar-refractivity contribution in [1.82, 2.24) is 15.1 Å². The molecule has 1 atom stereocenters. The summed E-state index contributed by atoms with van der Waals surface area (Å²) in [4.78, 5) is 3.67. The molecule has 5 rings (SSSR count). The Balaban J connectivity index is 1.48. The molecular formula is C25H25N3O3S. The van der Waals surface area contributed by atoms with Gasteiger partial charge in [-0.2, -0.15) is 0 Å². The fourth-order valence-corrected chi connectivity index (χ4v) is 5.21. The van der Waals surface area contributed by atoms with Gasteiger partial charge >= 0.3 is 0 Å². The normalized spacial score (nSPS) is 16.0. The molecule has 0 saturated heterocycles. The predicted molar refractivity (Wildman–Crippen MR) is 124 cm³/mol. The monoisotopic (exact) mass is 447 g/mol. The van der Waals surface area contributed by atoms with Gasteiger partial charge in [-0.25, -0.2) is 0 Å². The van der Waals surface area contributed by atoms with Gasteiger partial charge in [0.15, 0.2) is 11.5 Å². The number of ether oxygens (including phenoxy) is 2. The van der Waals surface area contributed by atoms with Gasteiger partial charge < -0.3 is 13.9 Å². The fourth-order valence-electron chi connectivity index (χ4n) is 4.33. The zero-order valence-electron chi connectivity index (χ0n) is 18.4. The van der Waals surface area contributed by atoms with Crippen LogP contribution in [0.2, 0.25) is 0 Å². The van der Waals surface area contributed by atoms with Crippen LogP contribution >= 0.6 is 11.3 Å². The van der Waals surface area contributed by atoms with E-state index < -0.39 is 0 Å². The minimum atomic E-state index is 0.0906. The Bertz CT molecular complexity index is 1220. The Morgan fingerprint density at radius 2 is 1.91 bits per heavy atom. The van der Waals surface area contributed by atoms with Crippen LogP contribution in [0, 0.1) is 6.92 Å². The Hall–Kier alpha value is -3.16. The highest BCUT2D eigenvalue weighted by molar-refractivity contribution is 7.10. The lowest BCUT2D eigenvalue weighted by molar-refractivity contribution is 0.187. The van der Waals surface area contributed by atoms with Gasteiger partial charge in [0.1, 0.15) is 0 Å². The minimum absolute atomic E-state index is 0.0906. The quantitative estimate of drug-likeness (QED) is 0.401. The van der Waals surface area contributed by atoms with Crippen LogP contribution in [0.5, 0.6) is 11.5 Å². The van der Waals surface area contributed by atoms with Gasteiger partial charge in [0.05, 0.1) is 26.8 Å². The summed E-state index contributed by atoms with van der Waals surface area (Å²) in [5.74, 6) is 2.69. The Kier molecular flexibility index (Phi) is 5.68. The first-order chi connectivity index (χ1) is 15.7. The third kappa shape index (κ3) is 3.89. The number of methoxy groups -OCH3 is 2. The first-order valence-corrected chi connectivity index (χ1v) is 11.5. The average molecular weight is 448 g/mol. The van der Waals surface area contributed by atoms with Crippen molar-refractivity contribution in [2.24, 2.45) is 0 Å². The van der Waals surface area contributed by atoms with Crippen molar-refractivity contribution in [3.8, 4) is 23.0 Å². The minimum Gasteiger partial charge on any atom is -0.493 e. The molecule has 1 aliphatic rings. The SMILES string of the molecule is COc1cc2c(cc1OC)C(c1cccs1)N(Cc1nnc(-c3cccc(C)c3)o1)CC2. The van der Waals surface area contributed by atoms with Crippen LogP contribution in [0.15, 0.2) is 58.3 Å². The molecule has 3 heterocycles. The number of aryl methyl sites for hydroxylation is 1. The second kappa shape index (κ2) is 8.76. The van der Waals surface area contributed by atoms with Crippen molar-refractivity contribution >= 4 is 11.3 Å². The molecule has 0 saturated carbocycles. The lowest BCUT2D eigenvalue weighted by atomic mass is 9.91. The van der Waals surface area contributed by atoms with Crippen molar-refractivity contribution in [3.63, 3.8) is 0 Å². The maximum atomic E-state index is 6.06. The molecule has 0 aliphatic carbocycles. The number of fused-ring (bicyclic) bond motifs is 1. The number of hydrogen-bond acceptors (Lipinski definition) is 7. The van der Waals surface area contributed by atoms with Crippen molar-refractivity contribution in [3.05, 3.63) is 81.4 Å². The van der Waals surface area contributed by atoms with E-state index in [2.05, 4.69) is 63.8 Å². The third-order valence-electron chi connectivity index (χ3n) is 5.86. The molecule has 1 unspecified atom stereocenters. The van der Waals surface area contributed by atoms with Crippen LogP contribution in [-0.2, 0) is 13.0 Å². The molecule has 1 aliphatic heterocycles. The molecule has 7 heteroatoms. The zero-order chi connectivity index (χ0) is 22.1. The molecule has 164 valence electrons. The van der Waals surface area contributed by atoms with Gasteiger partial charge in [-0.1, -0.05) is 23.8 Å². The second-order valence-corrected chi connectivity index (χ2v) is 8.89. The maximum Gasteiger partial charge on any atom is 0.247 e. The lowest BCUT2D eigenvalue weighted by Crippen LogP contribution is -2.35. The number of rotatable bonds is 6. The van der Waals surface area contributed by atoms with E-state index in [1.165, 1.54) is 16.0 Å². The van der Waals surface area contributed by atoms with Crippen LogP contribution < -0.4 is 9.47 Å². The lowest BCUT2D eigenvalue weighted by Gasteiger charge is -2.36. The molecular weight excluding hydrogens is 422 g/mol. The number of aromatic nitrogens is 2. The molecule has 2 aromatic carbocycles. The highest BCUT2D eigenvalue weighted by Crippen LogP contribution is 2.42. The van der Waals surface area contributed by atoms with Gasteiger partial charge in [-0.05, 0) is 60.2 Å². The first kappa shape index (κ1) is 20.7. The first-order valence-electron chi connectivity index (χ1n) is 10.6. The summed E-state index contributed by atoms with van der Waals surface area (Å²) in [5.41, 5.74) is 4.62. The average Bonchev–Trinajstić information content (AvgIpc) is 3.50. The van der Waals surface area contributed by atoms with Crippen LogP contribution in [0.4, 0.5) is 0 Å². The van der Waals surface area contributed by atoms with Gasteiger partial charge in [0, 0.05) is 17.0 Å². The fraction of sp³-hybridized carbons (Fsp3) is 0.280. The zero-order valence-corrected chi connectivity index (χ0v) is 19.2. The van der Waals surface area contributed by atoms with E-state index in [0.717, 1.165) is 35.6 Å². The summed E-state index contributed by atoms with van der Waals surface area (Å²) in [7, 11) is 3.35. The van der Waals surface area contributed by atoms with Crippen LogP contribution in [0.25, 0.3) is 11.5 Å². The van der Waals surface area contributed by atoms with Gasteiger partial charge in [0.2, 0.25) is 11.8 Å².